The van der Waals surface area contributed by atoms with Crippen LogP contribution < -0.4 is 5.73 Å². The third kappa shape index (κ3) is 6.84. The van der Waals surface area contributed by atoms with Crippen molar-refractivity contribution >= 4 is 23.6 Å². The van der Waals surface area contributed by atoms with Gasteiger partial charge in [-0.1, -0.05) is 38.5 Å². The van der Waals surface area contributed by atoms with Crippen molar-refractivity contribution in [1.29, 1.82) is 0 Å². The Labute approximate surface area is 191 Å². The van der Waals surface area contributed by atoms with Crippen LogP contribution in [0.4, 0.5) is 4.39 Å². The molecular formula is C25H37FN6. The van der Waals surface area contributed by atoms with Crippen LogP contribution in [0.15, 0.2) is 46.8 Å². The molecule has 7 heteroatoms. The highest BCUT2D eigenvalue weighted by atomic mass is 19.1. The van der Waals surface area contributed by atoms with Crippen LogP contribution in [0.1, 0.15) is 56.7 Å². The summed E-state index contributed by atoms with van der Waals surface area (Å²) in [7, 11) is 1.64. The number of halogens is 1. The van der Waals surface area contributed by atoms with E-state index in [2.05, 4.69) is 52.0 Å². The molecule has 0 radical (unpaired) electrons. The maximum atomic E-state index is 12.6. The van der Waals surface area contributed by atoms with Crippen LogP contribution in [0.25, 0.3) is 11.0 Å². The first-order chi connectivity index (χ1) is 15.3. The quantitative estimate of drug-likeness (QED) is 0.355. The van der Waals surface area contributed by atoms with E-state index in [1.54, 1.807) is 13.2 Å². The second kappa shape index (κ2) is 12.3. The maximum Gasteiger partial charge on any atom is 0.181 e. The zero-order valence-corrected chi connectivity index (χ0v) is 19.7. The van der Waals surface area contributed by atoms with Crippen LogP contribution in [-0.4, -0.2) is 34.8 Å². The van der Waals surface area contributed by atoms with E-state index in [9.17, 15) is 4.39 Å². The summed E-state index contributed by atoms with van der Waals surface area (Å²) in [5.41, 5.74) is 9.24. The number of aliphatic imine (C=N–C) groups is 2. The van der Waals surface area contributed by atoms with Gasteiger partial charge in [0.15, 0.2) is 17.3 Å². The molecule has 1 unspecified atom stereocenters. The maximum absolute atomic E-state index is 12.6. The van der Waals surface area contributed by atoms with Gasteiger partial charge < -0.3 is 10.7 Å². The van der Waals surface area contributed by atoms with E-state index in [-0.39, 0.29) is 12.4 Å². The fraction of sp³-hybridized carbons (Fsp3) is 0.520. The molecule has 2 heterocycles. The molecule has 0 aromatic carbocycles. The predicted molar refractivity (Wildman–Crippen MR) is 133 cm³/mol. The number of pyridine rings is 1. The minimum absolute atomic E-state index is 0.201. The average Bonchev–Trinajstić information content (AvgIpc) is 3.20. The van der Waals surface area contributed by atoms with Crippen LogP contribution in [0.5, 0.6) is 0 Å². The van der Waals surface area contributed by atoms with E-state index in [1.807, 2.05) is 13.0 Å². The van der Waals surface area contributed by atoms with Gasteiger partial charge in [-0.15, -0.1) is 0 Å². The number of H-pyrrole nitrogens is 1. The van der Waals surface area contributed by atoms with Crippen molar-refractivity contribution < 1.29 is 4.39 Å². The van der Waals surface area contributed by atoms with Gasteiger partial charge in [0, 0.05) is 18.6 Å². The normalized spacial score (nSPS) is 21.8. The first-order valence-corrected chi connectivity index (χ1v) is 11.3. The standard InChI is InChI=1S/C12H20.C11H12FN5.C2H5N/c1-3-9(2)12-8-10-4-6-11(12)7-5-10;1-6-3-8-9(5-14-10(13)7(2)12)16-17-11(8)15-4-6;1-3-2/h10-12H,2-8H2,1H3;3-4H,2,5H2,1H3,(H2,13,14)(H,15,16,17);1H2,2H3. The number of nitrogens with one attached hydrogen (secondary N) is 1. The lowest BCUT2D eigenvalue weighted by Crippen LogP contribution is -2.31. The van der Waals surface area contributed by atoms with Gasteiger partial charge >= 0.3 is 0 Å². The van der Waals surface area contributed by atoms with E-state index >= 15 is 0 Å². The molecule has 2 aromatic heterocycles. The van der Waals surface area contributed by atoms with Gasteiger partial charge in [-0.2, -0.15) is 5.10 Å². The molecule has 3 fully saturated rings. The molecule has 3 N–H and O–H groups in total. The number of aromatic amines is 1. The number of aromatic nitrogens is 3. The topological polar surface area (TPSA) is 92.3 Å². The molecule has 5 rings (SSSR count). The molecule has 1 atom stereocenters. The summed E-state index contributed by atoms with van der Waals surface area (Å²) in [4.78, 5) is 11.3. The van der Waals surface area contributed by atoms with Gasteiger partial charge in [0.25, 0.3) is 0 Å². The Kier molecular flexibility index (Phi) is 9.75. The molecule has 0 aliphatic heterocycles. The Hall–Kier alpha value is -2.83. The summed E-state index contributed by atoms with van der Waals surface area (Å²) < 4.78 is 12.6. The monoisotopic (exact) mass is 440 g/mol. The molecule has 174 valence electrons. The molecule has 32 heavy (non-hydrogen) atoms. The Morgan fingerprint density at radius 2 is 1.94 bits per heavy atom. The lowest BCUT2D eigenvalue weighted by atomic mass is 9.62. The van der Waals surface area contributed by atoms with E-state index in [1.165, 1.54) is 44.1 Å². The van der Waals surface area contributed by atoms with Crippen molar-refractivity contribution in [3.05, 3.63) is 48.1 Å². The highest BCUT2D eigenvalue weighted by molar-refractivity contribution is 5.94. The Balaban J connectivity index is 0.000000211. The number of amidine groups is 1. The van der Waals surface area contributed by atoms with Crippen molar-refractivity contribution in [2.24, 2.45) is 33.5 Å². The third-order valence-corrected chi connectivity index (χ3v) is 6.34. The highest BCUT2D eigenvalue weighted by Crippen LogP contribution is 2.47. The summed E-state index contributed by atoms with van der Waals surface area (Å²) in [6, 6.07) is 1.94. The molecule has 6 nitrogen and oxygen atoms in total. The van der Waals surface area contributed by atoms with E-state index in [0.717, 1.165) is 34.4 Å². The number of hydrogen-bond acceptors (Lipinski definition) is 4. The van der Waals surface area contributed by atoms with Crippen molar-refractivity contribution in [3.8, 4) is 0 Å². The van der Waals surface area contributed by atoms with Gasteiger partial charge in [-0.05, 0) is 68.7 Å². The van der Waals surface area contributed by atoms with Crippen LogP contribution >= 0.6 is 0 Å². The van der Waals surface area contributed by atoms with Crippen LogP contribution in [0.2, 0.25) is 0 Å². The van der Waals surface area contributed by atoms with E-state index in [4.69, 9.17) is 5.73 Å². The van der Waals surface area contributed by atoms with Gasteiger partial charge in [0.1, 0.15) is 0 Å². The van der Waals surface area contributed by atoms with E-state index in [0.29, 0.717) is 5.65 Å². The lowest BCUT2D eigenvalue weighted by Gasteiger charge is -2.43. The predicted octanol–water partition coefficient (Wildman–Crippen LogP) is 5.70. The summed E-state index contributed by atoms with van der Waals surface area (Å²) in [5.74, 6) is 2.05. The van der Waals surface area contributed by atoms with Gasteiger partial charge in [-0.3, -0.25) is 10.1 Å². The number of allylic oxidation sites excluding steroid dienone is 1. The molecule has 0 saturated heterocycles. The molecule has 2 bridgehead atoms. The smallest absolute Gasteiger partial charge is 0.181 e. The highest BCUT2D eigenvalue weighted by Gasteiger charge is 2.35. The SMILES string of the molecule is C=C(CC)C1CC2CCC1CC2.C=C(F)C(N)=NCc1[nH]nc2ncc(C)cc12.C=NC. The third-order valence-electron chi connectivity index (χ3n) is 6.34. The molecule has 0 spiro atoms. The molecule has 3 saturated carbocycles. The first-order valence-electron chi connectivity index (χ1n) is 11.3. The Bertz CT molecular complexity index is 952. The largest absolute Gasteiger partial charge is 0.382 e. The zero-order valence-electron chi connectivity index (χ0n) is 19.7. The van der Waals surface area contributed by atoms with Crippen LogP contribution in [0, 0.1) is 24.7 Å². The second-order valence-corrected chi connectivity index (χ2v) is 8.64. The van der Waals surface area contributed by atoms with Crippen molar-refractivity contribution in [1.82, 2.24) is 15.2 Å². The fourth-order valence-corrected chi connectivity index (χ4v) is 4.56. The number of aryl methyl sites for hydroxylation is 1. The van der Waals surface area contributed by atoms with Crippen molar-refractivity contribution in [2.45, 2.75) is 58.9 Å². The minimum atomic E-state index is -0.733. The fourth-order valence-electron chi connectivity index (χ4n) is 4.56. The number of nitrogens with zero attached hydrogens (tertiary/aromatic N) is 4. The number of hydrogen-bond donors (Lipinski definition) is 2. The molecule has 2 aromatic rings. The first kappa shape index (κ1) is 25.4. The Morgan fingerprint density at radius 1 is 1.28 bits per heavy atom. The van der Waals surface area contributed by atoms with Gasteiger partial charge in [-0.25, -0.2) is 9.37 Å². The van der Waals surface area contributed by atoms with E-state index < -0.39 is 5.83 Å². The lowest BCUT2D eigenvalue weighted by molar-refractivity contribution is 0.120. The minimum Gasteiger partial charge on any atom is -0.382 e. The average molecular weight is 441 g/mol. The zero-order chi connectivity index (χ0) is 23.7. The number of rotatable bonds is 5. The summed E-state index contributed by atoms with van der Waals surface area (Å²) in [5, 5.41) is 7.69. The number of nitrogens with two attached hydrogens (primary N) is 1. The van der Waals surface area contributed by atoms with Crippen LogP contribution in [0.3, 0.4) is 0 Å². The summed E-state index contributed by atoms with van der Waals surface area (Å²) >= 11 is 0. The Morgan fingerprint density at radius 3 is 2.47 bits per heavy atom. The molecule has 0 amide bonds. The van der Waals surface area contributed by atoms with Crippen LogP contribution in [-0.2, 0) is 6.54 Å². The molecular weight excluding hydrogens is 403 g/mol. The molecule has 3 aliphatic carbocycles. The van der Waals surface area contributed by atoms with Crippen molar-refractivity contribution in [3.63, 3.8) is 0 Å². The number of fused-ring (bicyclic) bond motifs is 4. The van der Waals surface area contributed by atoms with Crippen molar-refractivity contribution in [2.75, 3.05) is 7.05 Å². The summed E-state index contributed by atoms with van der Waals surface area (Å²) in [6.07, 6.45) is 10.4. The van der Waals surface area contributed by atoms with Gasteiger partial charge in [0.2, 0.25) is 0 Å². The molecule has 3 aliphatic rings. The van der Waals surface area contributed by atoms with Gasteiger partial charge in [0.05, 0.1) is 12.2 Å². The summed E-state index contributed by atoms with van der Waals surface area (Å²) in [6.45, 7) is 14.8. The second-order valence-electron chi connectivity index (χ2n) is 8.64.